The molecule has 1 amide bonds. The van der Waals surface area contributed by atoms with E-state index in [0.717, 1.165) is 15.6 Å². The fraction of sp³-hybridized carbons (Fsp3) is 0.333. The highest BCUT2D eigenvalue weighted by molar-refractivity contribution is 9.10. The predicted octanol–water partition coefficient (Wildman–Crippen LogP) is 4.81. The zero-order valence-corrected chi connectivity index (χ0v) is 19.2. The van der Waals surface area contributed by atoms with Crippen molar-refractivity contribution in [2.24, 2.45) is 0 Å². The first-order chi connectivity index (χ1) is 14.1. The number of rotatable bonds is 5. The van der Waals surface area contributed by atoms with E-state index in [4.69, 9.17) is 4.74 Å². The zero-order valence-electron chi connectivity index (χ0n) is 17.6. The lowest BCUT2D eigenvalue weighted by atomic mass is 9.85. The van der Waals surface area contributed by atoms with Gasteiger partial charge in [0, 0.05) is 23.7 Å². The highest BCUT2D eigenvalue weighted by atomic mass is 79.9. The Hall–Kier alpha value is -2.44. The molecule has 1 heterocycles. The molecule has 0 radical (unpaired) electrons. The van der Waals surface area contributed by atoms with Crippen LogP contribution in [0.25, 0.3) is 5.76 Å². The van der Waals surface area contributed by atoms with Gasteiger partial charge < -0.3 is 14.7 Å². The van der Waals surface area contributed by atoms with Crippen LogP contribution in [0.15, 0.2) is 58.6 Å². The number of carbonyl (C=O) groups excluding carboxylic acids is 2. The van der Waals surface area contributed by atoms with Gasteiger partial charge in [0.1, 0.15) is 5.76 Å². The first-order valence-electron chi connectivity index (χ1n) is 9.79. The number of aliphatic hydroxyl groups excluding tert-OH is 1. The molecule has 3 rings (SSSR count). The lowest BCUT2D eigenvalue weighted by Crippen LogP contribution is -2.32. The van der Waals surface area contributed by atoms with Crippen LogP contribution in [0, 0.1) is 0 Å². The molecule has 1 aliphatic rings. The second kappa shape index (κ2) is 8.74. The molecule has 0 bridgehead atoms. The van der Waals surface area contributed by atoms with Gasteiger partial charge in [-0.15, -0.1) is 0 Å². The third-order valence-corrected chi connectivity index (χ3v) is 5.82. The quantitative estimate of drug-likeness (QED) is 0.385. The summed E-state index contributed by atoms with van der Waals surface area (Å²) in [5, 5.41) is 11.0. The highest BCUT2D eigenvalue weighted by Gasteiger charge is 2.45. The smallest absolute Gasteiger partial charge is 0.295 e. The van der Waals surface area contributed by atoms with Crippen LogP contribution in [0.3, 0.4) is 0 Å². The molecule has 0 spiro atoms. The molecule has 0 saturated carbocycles. The minimum atomic E-state index is -0.684. The first-order valence-corrected chi connectivity index (χ1v) is 10.6. The van der Waals surface area contributed by atoms with Crippen molar-refractivity contribution in [3.8, 4) is 0 Å². The van der Waals surface area contributed by atoms with Crippen molar-refractivity contribution in [1.82, 2.24) is 4.90 Å². The first kappa shape index (κ1) is 22.2. The molecule has 1 fully saturated rings. The van der Waals surface area contributed by atoms with E-state index in [1.54, 1.807) is 31.4 Å². The molecule has 5 nitrogen and oxygen atoms in total. The Labute approximate surface area is 185 Å². The van der Waals surface area contributed by atoms with Gasteiger partial charge in [-0.05, 0) is 28.7 Å². The largest absolute Gasteiger partial charge is 0.507 e. The van der Waals surface area contributed by atoms with E-state index in [1.807, 2.05) is 24.3 Å². The highest BCUT2D eigenvalue weighted by Crippen LogP contribution is 2.39. The minimum absolute atomic E-state index is 0.0200. The molecule has 1 aliphatic heterocycles. The summed E-state index contributed by atoms with van der Waals surface area (Å²) in [5.41, 5.74) is 2.49. The van der Waals surface area contributed by atoms with Crippen molar-refractivity contribution in [2.45, 2.75) is 32.2 Å². The predicted molar refractivity (Wildman–Crippen MR) is 120 cm³/mol. The van der Waals surface area contributed by atoms with E-state index in [0.29, 0.717) is 12.2 Å². The average Bonchev–Trinajstić information content (AvgIpc) is 2.96. The Morgan fingerprint density at radius 2 is 1.67 bits per heavy atom. The number of benzene rings is 2. The summed E-state index contributed by atoms with van der Waals surface area (Å²) in [6, 6.07) is 14.2. The van der Waals surface area contributed by atoms with Gasteiger partial charge in [0.15, 0.2) is 0 Å². The molecule has 2 aromatic rings. The van der Waals surface area contributed by atoms with Gasteiger partial charge in [-0.3, -0.25) is 9.59 Å². The molecule has 0 aliphatic carbocycles. The van der Waals surface area contributed by atoms with Crippen LogP contribution < -0.4 is 0 Å². The molecule has 1 unspecified atom stereocenters. The SMILES string of the molecule is COCCN1C(=O)C(=O)/C(=C(\O)c2ccc(Br)cc2)C1c1ccc(C(C)(C)C)cc1. The van der Waals surface area contributed by atoms with Crippen LogP contribution in [-0.4, -0.2) is 42.0 Å². The number of Topliss-reactive ketones (excluding diaryl/α,β-unsaturated/α-hetero) is 1. The van der Waals surface area contributed by atoms with Crippen molar-refractivity contribution < 1.29 is 19.4 Å². The van der Waals surface area contributed by atoms with E-state index < -0.39 is 17.7 Å². The van der Waals surface area contributed by atoms with Crippen molar-refractivity contribution >= 4 is 33.4 Å². The minimum Gasteiger partial charge on any atom is -0.507 e. The van der Waals surface area contributed by atoms with Crippen LogP contribution >= 0.6 is 15.9 Å². The Morgan fingerprint density at radius 3 is 2.20 bits per heavy atom. The van der Waals surface area contributed by atoms with Gasteiger partial charge in [0.25, 0.3) is 11.7 Å². The van der Waals surface area contributed by atoms with Crippen LogP contribution in [0.1, 0.15) is 43.5 Å². The van der Waals surface area contributed by atoms with Crippen LogP contribution in [0.5, 0.6) is 0 Å². The Bertz CT molecular complexity index is 972. The molecular weight excluding hydrogens is 446 g/mol. The number of methoxy groups -OCH3 is 1. The van der Waals surface area contributed by atoms with E-state index >= 15 is 0 Å². The number of hydrogen-bond acceptors (Lipinski definition) is 4. The maximum absolute atomic E-state index is 12.9. The number of carbonyl (C=O) groups is 2. The van der Waals surface area contributed by atoms with Gasteiger partial charge in [0.05, 0.1) is 18.2 Å². The fourth-order valence-electron chi connectivity index (χ4n) is 3.58. The summed E-state index contributed by atoms with van der Waals surface area (Å²) in [4.78, 5) is 27.2. The Kier molecular flexibility index (Phi) is 6.48. The number of ketones is 1. The van der Waals surface area contributed by atoms with Crippen LogP contribution in [0.2, 0.25) is 0 Å². The third-order valence-electron chi connectivity index (χ3n) is 5.29. The molecule has 158 valence electrons. The van der Waals surface area contributed by atoms with Crippen molar-refractivity contribution in [1.29, 1.82) is 0 Å². The fourth-order valence-corrected chi connectivity index (χ4v) is 3.84. The summed E-state index contributed by atoms with van der Waals surface area (Å²) in [6.45, 7) is 6.92. The van der Waals surface area contributed by atoms with Gasteiger partial charge in [-0.1, -0.05) is 73.1 Å². The summed E-state index contributed by atoms with van der Waals surface area (Å²) < 4.78 is 6.00. The van der Waals surface area contributed by atoms with Gasteiger partial charge in [-0.25, -0.2) is 0 Å². The maximum Gasteiger partial charge on any atom is 0.295 e. The number of aliphatic hydroxyl groups is 1. The number of nitrogens with zero attached hydrogens (tertiary/aromatic N) is 1. The van der Waals surface area contributed by atoms with E-state index in [-0.39, 0.29) is 23.3 Å². The lowest BCUT2D eigenvalue weighted by molar-refractivity contribution is -0.140. The summed E-state index contributed by atoms with van der Waals surface area (Å²) in [7, 11) is 1.55. The molecule has 30 heavy (non-hydrogen) atoms. The summed E-state index contributed by atoms with van der Waals surface area (Å²) in [5.74, 6) is -1.49. The second-order valence-corrected chi connectivity index (χ2v) is 9.28. The van der Waals surface area contributed by atoms with Crippen LogP contribution in [-0.2, 0) is 19.7 Å². The molecule has 1 saturated heterocycles. The van der Waals surface area contributed by atoms with E-state index in [2.05, 4.69) is 36.7 Å². The molecule has 1 atom stereocenters. The topological polar surface area (TPSA) is 66.8 Å². The number of hydrogen-bond donors (Lipinski definition) is 1. The number of ether oxygens (including phenoxy) is 1. The van der Waals surface area contributed by atoms with Gasteiger partial charge >= 0.3 is 0 Å². The zero-order chi connectivity index (χ0) is 22.1. The van der Waals surface area contributed by atoms with E-state index in [9.17, 15) is 14.7 Å². The normalized spacial score (nSPS) is 18.8. The Balaban J connectivity index is 2.13. The average molecular weight is 472 g/mol. The van der Waals surface area contributed by atoms with Gasteiger partial charge in [0.2, 0.25) is 0 Å². The molecular formula is C24H26BrNO4. The van der Waals surface area contributed by atoms with E-state index in [1.165, 1.54) is 4.90 Å². The number of amides is 1. The van der Waals surface area contributed by atoms with Crippen molar-refractivity contribution in [2.75, 3.05) is 20.3 Å². The molecule has 2 aromatic carbocycles. The Morgan fingerprint density at radius 1 is 1.07 bits per heavy atom. The molecule has 0 aromatic heterocycles. The van der Waals surface area contributed by atoms with Gasteiger partial charge in [-0.2, -0.15) is 0 Å². The van der Waals surface area contributed by atoms with Crippen LogP contribution in [0.4, 0.5) is 0 Å². The molecule has 1 N–H and O–H groups in total. The lowest BCUT2D eigenvalue weighted by Gasteiger charge is -2.26. The monoisotopic (exact) mass is 471 g/mol. The summed E-state index contributed by atoms with van der Waals surface area (Å²) >= 11 is 3.37. The number of halogens is 1. The number of likely N-dealkylation sites (tertiary alicyclic amines) is 1. The van der Waals surface area contributed by atoms with Crippen molar-refractivity contribution in [3.63, 3.8) is 0 Å². The standard InChI is InChI=1S/C24H26BrNO4/c1-24(2,3)17-9-5-15(6-10-17)20-19(21(27)16-7-11-18(25)12-8-16)22(28)23(29)26(20)13-14-30-4/h5-12,20,27H,13-14H2,1-4H3/b21-19-. The second-order valence-electron chi connectivity index (χ2n) is 8.36. The molecule has 6 heteroatoms. The summed E-state index contributed by atoms with van der Waals surface area (Å²) in [6.07, 6.45) is 0. The maximum atomic E-state index is 12.9. The van der Waals surface area contributed by atoms with Crippen molar-refractivity contribution in [3.05, 3.63) is 75.3 Å². The third kappa shape index (κ3) is 4.35.